The van der Waals surface area contributed by atoms with E-state index in [1.807, 2.05) is 37.1 Å². The van der Waals surface area contributed by atoms with Crippen LogP contribution < -0.4 is 5.32 Å². The van der Waals surface area contributed by atoms with E-state index in [0.717, 1.165) is 108 Å². The number of nitrogens with zero attached hydrogens (tertiary/aromatic N) is 16. The number of furan rings is 1. The first-order chi connectivity index (χ1) is 37.6. The minimum absolute atomic E-state index is 0.553. The lowest BCUT2D eigenvalue weighted by Crippen LogP contribution is -2.22. The van der Waals surface area contributed by atoms with Gasteiger partial charge in [0.2, 0.25) is 0 Å². The Morgan fingerprint density at radius 2 is 0.870 bits per heavy atom. The monoisotopic (exact) mass is 1050 g/mol. The van der Waals surface area contributed by atoms with Gasteiger partial charge in [0.25, 0.3) is 23.1 Å². The zero-order valence-corrected chi connectivity index (χ0v) is 47.3. The van der Waals surface area contributed by atoms with Crippen LogP contribution in [0.1, 0.15) is 198 Å². The zero-order chi connectivity index (χ0) is 53.7. The summed E-state index contributed by atoms with van der Waals surface area (Å²) in [5, 5.41) is 21.1. The number of hydrogen-bond donors (Lipinski definition) is 1. The lowest BCUT2D eigenvalue weighted by molar-refractivity contribution is 0.351. The molecule has 9 aromatic rings. The summed E-state index contributed by atoms with van der Waals surface area (Å²) >= 11 is 0. The van der Waals surface area contributed by atoms with E-state index in [-0.39, 0.29) is 0 Å². The van der Waals surface area contributed by atoms with Crippen LogP contribution in [0.5, 0.6) is 0 Å². The van der Waals surface area contributed by atoms with Crippen LogP contribution in [-0.2, 0) is 44.9 Å². The molecule has 0 aliphatic heterocycles. The van der Waals surface area contributed by atoms with E-state index < -0.39 is 0 Å². The number of nitrogens with one attached hydrogen (secondary N) is 1. The van der Waals surface area contributed by atoms with Crippen molar-refractivity contribution in [2.75, 3.05) is 5.32 Å². The van der Waals surface area contributed by atoms with Gasteiger partial charge in [0, 0.05) is 40.8 Å². The molecule has 0 saturated heterocycles. The van der Waals surface area contributed by atoms with Crippen LogP contribution in [0.15, 0.2) is 48.1 Å². The summed E-state index contributed by atoms with van der Waals surface area (Å²) < 4.78 is 13.0. The summed E-state index contributed by atoms with van der Waals surface area (Å²) in [5.41, 5.74) is 13.3. The third-order valence-electron chi connectivity index (χ3n) is 16.5. The molecule has 9 aromatic heterocycles. The van der Waals surface area contributed by atoms with Crippen molar-refractivity contribution < 1.29 is 4.42 Å². The fourth-order valence-corrected chi connectivity index (χ4v) is 12.2. The van der Waals surface area contributed by atoms with E-state index >= 15 is 0 Å². The number of fused-ring (bicyclic) bond motifs is 4. The van der Waals surface area contributed by atoms with Crippen molar-refractivity contribution in [3.8, 4) is 0 Å². The van der Waals surface area contributed by atoms with Crippen LogP contribution in [0.2, 0.25) is 0 Å². The van der Waals surface area contributed by atoms with E-state index in [1.165, 1.54) is 149 Å². The van der Waals surface area contributed by atoms with Gasteiger partial charge in [-0.1, -0.05) is 117 Å². The molecule has 0 bridgehead atoms. The van der Waals surface area contributed by atoms with Crippen molar-refractivity contribution >= 4 is 28.9 Å². The summed E-state index contributed by atoms with van der Waals surface area (Å²) in [6.07, 6.45) is 38.1. The quantitative estimate of drug-likeness (QED) is 0.113. The molecule has 0 unspecified atom stereocenters. The van der Waals surface area contributed by atoms with E-state index in [2.05, 4.69) is 114 Å². The van der Waals surface area contributed by atoms with Crippen LogP contribution in [0.25, 0.3) is 23.1 Å². The molecular weight excluding hydrogens is 963 g/mol. The van der Waals surface area contributed by atoms with E-state index in [4.69, 9.17) is 4.42 Å². The van der Waals surface area contributed by atoms with Crippen molar-refractivity contribution in [1.82, 2.24) is 78.3 Å². The van der Waals surface area contributed by atoms with E-state index in [0.29, 0.717) is 17.6 Å². The summed E-state index contributed by atoms with van der Waals surface area (Å²) in [6.45, 7) is 16.9. The van der Waals surface area contributed by atoms with Crippen LogP contribution in [0.4, 0.5) is 5.82 Å². The molecule has 77 heavy (non-hydrogen) atoms. The smallest absolute Gasteiger partial charge is 0.254 e. The van der Waals surface area contributed by atoms with Crippen molar-refractivity contribution in [1.29, 1.82) is 0 Å². The number of aryl methyl sites for hydroxylation is 6. The number of hydrogen-bond acceptors (Lipinski definition) is 14. The summed E-state index contributed by atoms with van der Waals surface area (Å²) in [6, 6.07) is 4.45. The molecule has 1 N–H and O–H groups in total. The van der Waals surface area contributed by atoms with Gasteiger partial charge in [-0.15, -0.1) is 0 Å². The Hall–Kier alpha value is -6.72. The Balaban J connectivity index is 0.000000125. The third kappa shape index (κ3) is 13.3. The molecule has 410 valence electrons. The van der Waals surface area contributed by atoms with Crippen molar-refractivity contribution in [3.63, 3.8) is 0 Å². The molecule has 0 spiro atoms. The lowest BCUT2D eigenvalue weighted by Gasteiger charge is -2.23. The maximum Gasteiger partial charge on any atom is 0.254 e. The third-order valence-corrected chi connectivity index (χ3v) is 16.5. The maximum absolute atomic E-state index is 5.36. The minimum Gasteiger partial charge on any atom is -0.469 e. The molecular formula is C59H83N17O. The average Bonchev–Trinajstić information content (AvgIpc) is 4.34. The van der Waals surface area contributed by atoms with Gasteiger partial charge in [-0.25, -0.2) is 33.5 Å². The molecule has 0 atom stereocenters. The number of aromatic nitrogens is 16. The Bertz CT molecular complexity index is 3160. The number of anilines is 1. The predicted molar refractivity (Wildman–Crippen MR) is 301 cm³/mol. The molecule has 3 aliphatic rings. The highest BCUT2D eigenvalue weighted by Gasteiger charge is 2.23. The van der Waals surface area contributed by atoms with Gasteiger partial charge >= 0.3 is 0 Å². The van der Waals surface area contributed by atoms with E-state index in [9.17, 15) is 0 Å². The molecule has 3 saturated carbocycles. The highest BCUT2D eigenvalue weighted by molar-refractivity contribution is 5.53. The van der Waals surface area contributed by atoms with Crippen molar-refractivity contribution in [2.45, 2.75) is 216 Å². The van der Waals surface area contributed by atoms with Gasteiger partial charge in [-0.2, -0.15) is 44.8 Å². The Morgan fingerprint density at radius 1 is 0.468 bits per heavy atom. The molecule has 3 aliphatic carbocycles. The molecule has 3 fully saturated rings. The molecule has 9 heterocycles. The molecule has 12 rings (SSSR count). The van der Waals surface area contributed by atoms with Crippen molar-refractivity contribution in [3.05, 3.63) is 112 Å². The molecule has 0 radical (unpaired) electrons. The van der Waals surface area contributed by atoms with Crippen LogP contribution in [0, 0.1) is 46.5 Å². The largest absolute Gasteiger partial charge is 0.469 e. The summed E-state index contributed by atoms with van der Waals surface area (Å²) in [7, 11) is 0. The predicted octanol–water partition coefficient (Wildman–Crippen LogP) is 11.9. The molecule has 18 nitrogen and oxygen atoms in total. The summed E-state index contributed by atoms with van der Waals surface area (Å²) in [4.78, 5) is 34.9. The topological polar surface area (TPSA) is 197 Å². The van der Waals surface area contributed by atoms with Crippen LogP contribution >= 0.6 is 0 Å². The van der Waals surface area contributed by atoms with E-state index in [1.54, 1.807) is 25.2 Å². The average molecular weight is 1050 g/mol. The van der Waals surface area contributed by atoms with Crippen molar-refractivity contribution in [2.24, 2.45) is 11.8 Å². The Kier molecular flexibility index (Phi) is 19.0. The highest BCUT2D eigenvalue weighted by atomic mass is 16.3. The standard InChI is InChI=1S/C16H24N4.C15H23N5.C15H22N4.C13H14N4O/c1-3-14-12(2)19-16-17-11-18-20(16)15(14)10-13-8-6-4-5-7-9-13;1-3-13-11(2)18-15-16-10-17-20(15)14(13)19-12-8-6-4-5-7-9-12;1-3-13-11(2)18-15-16-10-17-19(15)14(13)9-12-7-5-4-6-8-12;1-9-10(2)16-13-14-8-15-17(13)12(9)6-5-11-4-3-7-18-11/h11,13H,3-10H2,1-2H3;10,12,19H,3-9H2,1-2H3;10,12H,3-9H2,1-2H3;3-4,7-8H,5-6H2,1-2H3. The first kappa shape index (κ1) is 55.0. The SMILES string of the molecule is CCc1c(C)nc2ncnn2c1CC1CCCCC1.CCc1c(C)nc2ncnn2c1CC1CCCCCC1.CCc1c(C)nc2ncnn2c1NC1CCCCCC1.Cc1nc2ncnn2c(CCc2ccco2)c1C. The number of rotatable bonds is 12. The molecule has 18 heteroatoms. The summed E-state index contributed by atoms with van der Waals surface area (Å²) in [5.74, 6) is 6.55. The minimum atomic E-state index is 0.553. The molecule has 0 amide bonds. The first-order valence-electron chi connectivity index (χ1n) is 29.1. The second-order valence-corrected chi connectivity index (χ2v) is 21.7. The first-order valence-corrected chi connectivity index (χ1v) is 29.1. The van der Waals surface area contributed by atoms with Gasteiger partial charge in [-0.3, -0.25) is 0 Å². The van der Waals surface area contributed by atoms with Gasteiger partial charge in [0.1, 0.15) is 36.9 Å². The zero-order valence-electron chi connectivity index (χ0n) is 47.3. The van der Waals surface area contributed by atoms with Gasteiger partial charge in [-0.05, 0) is 127 Å². The van der Waals surface area contributed by atoms with Crippen LogP contribution in [0.3, 0.4) is 0 Å². The fourth-order valence-electron chi connectivity index (χ4n) is 12.2. The fraction of sp³-hybridized carbons (Fsp3) is 0.593. The highest BCUT2D eigenvalue weighted by Crippen LogP contribution is 2.31. The lowest BCUT2D eigenvalue weighted by atomic mass is 9.85. The van der Waals surface area contributed by atoms with Crippen LogP contribution in [-0.4, -0.2) is 84.4 Å². The molecule has 0 aromatic carbocycles. The maximum atomic E-state index is 5.36. The normalized spacial score (nSPS) is 15.9. The second-order valence-electron chi connectivity index (χ2n) is 21.7. The Morgan fingerprint density at radius 3 is 1.32 bits per heavy atom. The second kappa shape index (κ2) is 26.6. The van der Waals surface area contributed by atoms with Gasteiger partial charge in [0.05, 0.1) is 23.3 Å². The Labute approximate surface area is 454 Å². The van der Waals surface area contributed by atoms with Gasteiger partial charge < -0.3 is 9.73 Å². The van der Waals surface area contributed by atoms with Gasteiger partial charge in [0.15, 0.2) is 0 Å².